The molecule has 5 rings (SSSR count). The normalized spacial score (nSPS) is 10.9. The second kappa shape index (κ2) is 9.74. The summed E-state index contributed by atoms with van der Waals surface area (Å²) in [6.07, 6.45) is 5.38. The molecule has 3 heterocycles. The summed E-state index contributed by atoms with van der Waals surface area (Å²) in [5.74, 6) is -0.0626. The van der Waals surface area contributed by atoms with Crippen LogP contribution in [0.1, 0.15) is 23.0 Å². The Morgan fingerprint density at radius 1 is 1.11 bits per heavy atom. The fraction of sp³-hybridized carbons (Fsp3) is 0.160. The van der Waals surface area contributed by atoms with E-state index in [1.54, 1.807) is 43.7 Å². The zero-order valence-corrected chi connectivity index (χ0v) is 19.6. The Bertz CT molecular complexity index is 1570. The van der Waals surface area contributed by atoms with Gasteiger partial charge in [0.05, 0.1) is 25.7 Å². The fourth-order valence-electron chi connectivity index (χ4n) is 3.84. The number of imidazole rings is 2. The van der Waals surface area contributed by atoms with Crippen LogP contribution in [0.3, 0.4) is 0 Å². The molecule has 0 saturated heterocycles. The van der Waals surface area contributed by atoms with Gasteiger partial charge in [0.2, 0.25) is 5.95 Å². The van der Waals surface area contributed by atoms with Gasteiger partial charge in [0.15, 0.2) is 11.3 Å². The largest absolute Gasteiger partial charge is 0.495 e. The van der Waals surface area contributed by atoms with E-state index in [9.17, 15) is 9.59 Å². The van der Waals surface area contributed by atoms with Gasteiger partial charge in [-0.3, -0.25) is 0 Å². The summed E-state index contributed by atoms with van der Waals surface area (Å²) in [5, 5.41) is 3.13. The molecule has 182 valence electrons. The molecule has 0 bridgehead atoms. The molecular formula is C25H23N7O4. The number of hydrogen-bond donors (Lipinski definition) is 2. The van der Waals surface area contributed by atoms with Crippen LogP contribution in [0.2, 0.25) is 0 Å². The Kier molecular flexibility index (Phi) is 6.18. The van der Waals surface area contributed by atoms with Gasteiger partial charge in [-0.2, -0.15) is 4.98 Å². The van der Waals surface area contributed by atoms with Crippen molar-refractivity contribution in [2.24, 2.45) is 0 Å². The first-order valence-electron chi connectivity index (χ1n) is 11.2. The maximum Gasteiger partial charge on any atom is 0.359 e. The molecule has 0 aliphatic rings. The van der Waals surface area contributed by atoms with E-state index >= 15 is 0 Å². The highest BCUT2D eigenvalue weighted by Crippen LogP contribution is 2.26. The monoisotopic (exact) mass is 485 g/mol. The molecule has 0 saturated carbocycles. The molecule has 0 unspecified atom stereocenters. The average Bonchev–Trinajstić information content (AvgIpc) is 3.51. The molecule has 0 radical (unpaired) electrons. The first kappa shape index (κ1) is 22.8. The third kappa shape index (κ3) is 4.41. The average molecular weight is 486 g/mol. The van der Waals surface area contributed by atoms with Crippen molar-refractivity contribution in [3.8, 4) is 11.4 Å². The lowest BCUT2D eigenvalue weighted by Crippen LogP contribution is -2.16. The number of ether oxygens (including phenoxy) is 2. The van der Waals surface area contributed by atoms with Crippen LogP contribution in [0.25, 0.3) is 16.9 Å². The van der Waals surface area contributed by atoms with Gasteiger partial charge in [-0.05, 0) is 36.8 Å². The molecule has 11 nitrogen and oxygen atoms in total. The number of nitrogens with zero attached hydrogens (tertiary/aromatic N) is 5. The first-order chi connectivity index (χ1) is 17.6. The van der Waals surface area contributed by atoms with Crippen LogP contribution in [0.5, 0.6) is 5.75 Å². The lowest BCUT2D eigenvalue weighted by Gasteiger charge is -2.11. The molecule has 0 fully saturated rings. The number of rotatable bonds is 8. The Morgan fingerprint density at radius 2 is 1.92 bits per heavy atom. The smallest absolute Gasteiger partial charge is 0.359 e. The number of methoxy groups -OCH3 is 1. The van der Waals surface area contributed by atoms with Crippen LogP contribution >= 0.6 is 0 Å². The van der Waals surface area contributed by atoms with Crippen molar-refractivity contribution in [2.75, 3.05) is 19.0 Å². The Morgan fingerprint density at radius 3 is 2.64 bits per heavy atom. The molecule has 2 aromatic carbocycles. The predicted octanol–water partition coefficient (Wildman–Crippen LogP) is 3.28. The summed E-state index contributed by atoms with van der Waals surface area (Å²) in [6, 6.07) is 14.7. The highest BCUT2D eigenvalue weighted by Gasteiger charge is 2.23. The number of benzene rings is 2. The van der Waals surface area contributed by atoms with Crippen molar-refractivity contribution in [1.29, 1.82) is 0 Å². The maximum atomic E-state index is 13.0. The molecule has 3 aromatic heterocycles. The minimum Gasteiger partial charge on any atom is -0.495 e. The third-order valence-corrected chi connectivity index (χ3v) is 5.47. The van der Waals surface area contributed by atoms with E-state index in [4.69, 9.17) is 9.47 Å². The number of H-pyrrole nitrogens is 1. The number of carbonyl (C=O) groups is 1. The van der Waals surface area contributed by atoms with Gasteiger partial charge in [-0.15, -0.1) is 0 Å². The van der Waals surface area contributed by atoms with Crippen LogP contribution in [-0.4, -0.2) is 48.8 Å². The SMILES string of the molecule is CCOC(=O)c1nc(Nc2ccc(Cn3ccnc3)cc2)nc2c1[nH]c(=O)n2-c1ccccc1OC. The number of hydrogen-bond acceptors (Lipinski definition) is 8. The zero-order chi connectivity index (χ0) is 25.1. The minimum absolute atomic E-state index is 0.0492. The van der Waals surface area contributed by atoms with Gasteiger partial charge in [0, 0.05) is 24.6 Å². The third-order valence-electron chi connectivity index (χ3n) is 5.47. The molecule has 0 aliphatic heterocycles. The molecule has 0 atom stereocenters. The van der Waals surface area contributed by atoms with Gasteiger partial charge >= 0.3 is 11.7 Å². The van der Waals surface area contributed by atoms with E-state index in [-0.39, 0.29) is 29.4 Å². The van der Waals surface area contributed by atoms with Gasteiger partial charge in [-0.25, -0.2) is 24.1 Å². The molecule has 5 aromatic rings. The van der Waals surface area contributed by atoms with E-state index in [0.717, 1.165) is 5.56 Å². The van der Waals surface area contributed by atoms with E-state index in [0.29, 0.717) is 23.7 Å². The maximum absolute atomic E-state index is 13.0. The minimum atomic E-state index is -0.669. The number of nitrogens with one attached hydrogen (secondary N) is 2. The molecular weight excluding hydrogens is 462 g/mol. The highest BCUT2D eigenvalue weighted by atomic mass is 16.5. The van der Waals surface area contributed by atoms with Crippen molar-refractivity contribution in [1.82, 2.24) is 29.1 Å². The lowest BCUT2D eigenvalue weighted by atomic mass is 10.2. The second-order valence-electron chi connectivity index (χ2n) is 7.81. The molecule has 0 amide bonds. The van der Waals surface area contributed by atoms with E-state index in [1.807, 2.05) is 35.0 Å². The van der Waals surface area contributed by atoms with Gasteiger partial charge < -0.3 is 24.3 Å². The Hall–Kier alpha value is -4.93. The lowest BCUT2D eigenvalue weighted by molar-refractivity contribution is 0.0522. The summed E-state index contributed by atoms with van der Waals surface area (Å²) in [6.45, 7) is 2.54. The van der Waals surface area contributed by atoms with E-state index in [1.165, 1.54) is 11.7 Å². The van der Waals surface area contributed by atoms with Crippen LogP contribution < -0.4 is 15.7 Å². The van der Waals surface area contributed by atoms with Crippen LogP contribution in [0, 0.1) is 0 Å². The number of aromatic amines is 1. The van der Waals surface area contributed by atoms with Crippen molar-refractivity contribution >= 4 is 28.8 Å². The number of carbonyl (C=O) groups excluding carboxylic acids is 1. The molecule has 0 spiro atoms. The van der Waals surface area contributed by atoms with Crippen LogP contribution in [0.4, 0.5) is 11.6 Å². The van der Waals surface area contributed by atoms with Crippen LogP contribution in [0.15, 0.2) is 72.0 Å². The number of fused-ring (bicyclic) bond motifs is 1. The molecule has 11 heteroatoms. The molecule has 0 aliphatic carbocycles. The summed E-state index contributed by atoms with van der Waals surface area (Å²) in [4.78, 5) is 41.4. The summed E-state index contributed by atoms with van der Waals surface area (Å²) < 4.78 is 13.9. The summed E-state index contributed by atoms with van der Waals surface area (Å²) >= 11 is 0. The van der Waals surface area contributed by atoms with Gasteiger partial charge in [-0.1, -0.05) is 24.3 Å². The quantitative estimate of drug-likeness (QED) is 0.321. The predicted molar refractivity (Wildman–Crippen MR) is 133 cm³/mol. The van der Waals surface area contributed by atoms with Crippen molar-refractivity contribution < 1.29 is 14.3 Å². The first-order valence-corrected chi connectivity index (χ1v) is 11.2. The van der Waals surface area contributed by atoms with Gasteiger partial charge in [0.1, 0.15) is 11.3 Å². The topological polar surface area (TPSA) is 129 Å². The highest BCUT2D eigenvalue weighted by molar-refractivity contribution is 6.00. The second-order valence-corrected chi connectivity index (χ2v) is 7.81. The number of anilines is 2. The van der Waals surface area contributed by atoms with Gasteiger partial charge in [0.25, 0.3) is 0 Å². The standard InChI is InChI=1S/C25H23N7O4/c1-3-36-23(33)21-20-22(32(25(34)29-20)18-6-4-5-7-19(18)35-2)30-24(28-21)27-17-10-8-16(9-11-17)14-31-13-12-26-15-31/h4-13,15H,3,14H2,1-2H3,(H,29,34)(H,27,28,30). The molecule has 2 N–H and O–H groups in total. The van der Waals surface area contributed by atoms with Crippen molar-refractivity contribution in [3.63, 3.8) is 0 Å². The summed E-state index contributed by atoms with van der Waals surface area (Å²) in [5.41, 5.74) is 2.10. The van der Waals surface area contributed by atoms with Crippen molar-refractivity contribution in [3.05, 3.63) is 89.0 Å². The zero-order valence-electron chi connectivity index (χ0n) is 19.6. The van der Waals surface area contributed by atoms with E-state index < -0.39 is 11.7 Å². The molecule has 36 heavy (non-hydrogen) atoms. The number of para-hydroxylation sites is 2. The Balaban J connectivity index is 1.57. The number of aromatic nitrogens is 6. The van der Waals surface area contributed by atoms with Crippen molar-refractivity contribution in [2.45, 2.75) is 13.5 Å². The number of esters is 1. The fourth-order valence-corrected chi connectivity index (χ4v) is 3.84. The van der Waals surface area contributed by atoms with E-state index in [2.05, 4.69) is 25.3 Å². The summed E-state index contributed by atoms with van der Waals surface area (Å²) in [7, 11) is 1.52. The Labute approximate surface area is 205 Å². The van der Waals surface area contributed by atoms with Crippen LogP contribution in [-0.2, 0) is 11.3 Å².